The van der Waals surface area contributed by atoms with E-state index in [2.05, 4.69) is 23.6 Å². The third kappa shape index (κ3) is 3.12. The van der Waals surface area contributed by atoms with Gasteiger partial charge in [-0.15, -0.1) is 0 Å². The van der Waals surface area contributed by atoms with E-state index in [4.69, 9.17) is 5.73 Å². The Morgan fingerprint density at radius 2 is 1.90 bits per heavy atom. The van der Waals surface area contributed by atoms with Gasteiger partial charge in [-0.2, -0.15) is 0 Å². The van der Waals surface area contributed by atoms with Crippen LogP contribution in [0, 0.1) is 0 Å². The minimum atomic E-state index is 0.110. The molecule has 0 amide bonds. The first kappa shape index (κ1) is 14.9. The number of aliphatic hydroxyl groups is 1. The van der Waals surface area contributed by atoms with E-state index in [1.165, 1.54) is 25.7 Å². The molecule has 4 nitrogen and oxygen atoms in total. The lowest BCUT2D eigenvalue weighted by Crippen LogP contribution is -2.36. The van der Waals surface area contributed by atoms with Gasteiger partial charge in [0.1, 0.15) is 11.0 Å². The lowest BCUT2D eigenvalue weighted by atomic mass is 10.1. The smallest absolute Gasteiger partial charge is 0.356 e. The van der Waals surface area contributed by atoms with Crippen LogP contribution in [0.5, 0.6) is 0 Å². The SMILES string of the molecule is CCCCCCC[n+]1c(N)n(CCO)c2ccccc21. The third-order valence-corrected chi connectivity index (χ3v) is 3.83. The van der Waals surface area contributed by atoms with E-state index in [1.54, 1.807) is 0 Å². The molecule has 0 aliphatic heterocycles. The third-order valence-electron chi connectivity index (χ3n) is 3.83. The van der Waals surface area contributed by atoms with Gasteiger partial charge in [0, 0.05) is 0 Å². The summed E-state index contributed by atoms with van der Waals surface area (Å²) in [6.07, 6.45) is 6.28. The second-order valence-corrected chi connectivity index (χ2v) is 5.29. The van der Waals surface area contributed by atoms with Crippen molar-refractivity contribution in [3.63, 3.8) is 0 Å². The molecular weight excluding hydrogens is 250 g/mol. The van der Waals surface area contributed by atoms with E-state index in [-0.39, 0.29) is 6.61 Å². The molecule has 0 saturated heterocycles. The number of para-hydroxylation sites is 2. The van der Waals surface area contributed by atoms with Crippen molar-refractivity contribution in [2.75, 3.05) is 12.3 Å². The normalized spacial score (nSPS) is 11.3. The van der Waals surface area contributed by atoms with Gasteiger partial charge in [0.25, 0.3) is 0 Å². The van der Waals surface area contributed by atoms with Crippen molar-refractivity contribution < 1.29 is 9.67 Å². The Hall–Kier alpha value is -1.55. The van der Waals surface area contributed by atoms with Crippen LogP contribution >= 0.6 is 0 Å². The first-order valence-electron chi connectivity index (χ1n) is 7.67. The molecule has 1 heterocycles. The highest BCUT2D eigenvalue weighted by atomic mass is 16.3. The molecule has 4 heteroatoms. The quantitative estimate of drug-likeness (QED) is 0.575. The standard InChI is InChI=1S/C16H25N3O/c1-2-3-4-5-8-11-18-14-9-6-7-10-15(14)19(12-13-20)16(18)17/h6-7,9-10,17,20H,2-5,8,11-13H2,1H3/p+1. The molecule has 0 spiro atoms. The number of aryl methyl sites for hydroxylation is 1. The average Bonchev–Trinajstić information content (AvgIpc) is 2.73. The van der Waals surface area contributed by atoms with Crippen LogP contribution in [0.1, 0.15) is 39.0 Å². The fourth-order valence-corrected chi connectivity index (χ4v) is 2.76. The van der Waals surface area contributed by atoms with Crippen LogP contribution in [0.15, 0.2) is 24.3 Å². The maximum absolute atomic E-state index is 9.20. The van der Waals surface area contributed by atoms with Crippen LogP contribution in [-0.2, 0) is 13.1 Å². The van der Waals surface area contributed by atoms with E-state index in [9.17, 15) is 5.11 Å². The lowest BCUT2D eigenvalue weighted by Gasteiger charge is -2.02. The maximum Gasteiger partial charge on any atom is 0.356 e. The van der Waals surface area contributed by atoms with Crippen LogP contribution in [0.4, 0.5) is 5.95 Å². The molecule has 20 heavy (non-hydrogen) atoms. The molecule has 2 aromatic rings. The molecule has 0 aliphatic carbocycles. The van der Waals surface area contributed by atoms with Crippen molar-refractivity contribution in [3.05, 3.63) is 24.3 Å². The monoisotopic (exact) mass is 276 g/mol. The summed E-state index contributed by atoms with van der Waals surface area (Å²) >= 11 is 0. The number of nitrogens with two attached hydrogens (primary N) is 1. The van der Waals surface area contributed by atoms with E-state index in [1.807, 2.05) is 16.7 Å². The number of aromatic nitrogens is 2. The number of nitrogen functional groups attached to an aromatic ring is 1. The second kappa shape index (κ2) is 7.29. The number of rotatable bonds is 8. The highest BCUT2D eigenvalue weighted by Gasteiger charge is 2.19. The Kier molecular flexibility index (Phi) is 5.41. The van der Waals surface area contributed by atoms with Crippen LogP contribution in [0.3, 0.4) is 0 Å². The zero-order chi connectivity index (χ0) is 14.4. The lowest BCUT2D eigenvalue weighted by molar-refractivity contribution is -0.657. The highest BCUT2D eigenvalue weighted by Crippen LogP contribution is 2.16. The van der Waals surface area contributed by atoms with Crippen molar-refractivity contribution in [2.24, 2.45) is 0 Å². The average molecular weight is 276 g/mol. The number of benzene rings is 1. The summed E-state index contributed by atoms with van der Waals surface area (Å²) in [7, 11) is 0. The Balaban J connectivity index is 2.17. The zero-order valence-electron chi connectivity index (χ0n) is 12.4. The van der Waals surface area contributed by atoms with Gasteiger partial charge >= 0.3 is 5.95 Å². The molecule has 0 aliphatic rings. The summed E-state index contributed by atoms with van der Waals surface area (Å²) in [6.45, 7) is 3.85. The van der Waals surface area contributed by atoms with E-state index < -0.39 is 0 Å². The van der Waals surface area contributed by atoms with Gasteiger partial charge in [-0.3, -0.25) is 5.73 Å². The van der Waals surface area contributed by atoms with Gasteiger partial charge in [-0.05, 0) is 18.6 Å². The Morgan fingerprint density at radius 3 is 2.65 bits per heavy atom. The van der Waals surface area contributed by atoms with Gasteiger partial charge in [0.05, 0.1) is 19.7 Å². The van der Waals surface area contributed by atoms with Crippen LogP contribution < -0.4 is 10.3 Å². The summed E-state index contributed by atoms with van der Waals surface area (Å²) in [5.74, 6) is 0.746. The molecule has 3 N–H and O–H groups in total. The number of fused-ring (bicyclic) bond motifs is 1. The number of nitrogens with zero attached hydrogens (tertiary/aromatic N) is 2. The van der Waals surface area contributed by atoms with Crippen molar-refractivity contribution in [3.8, 4) is 0 Å². The number of anilines is 1. The molecular formula is C16H26N3O+. The molecule has 0 saturated carbocycles. The van der Waals surface area contributed by atoms with Crippen molar-refractivity contribution in [2.45, 2.75) is 52.1 Å². The fraction of sp³-hybridized carbons (Fsp3) is 0.562. The summed E-state index contributed by atoms with van der Waals surface area (Å²) in [5, 5.41) is 9.20. The van der Waals surface area contributed by atoms with Crippen molar-refractivity contribution >= 4 is 17.0 Å². The molecule has 0 radical (unpaired) electrons. The number of hydrogen-bond acceptors (Lipinski definition) is 2. The fourth-order valence-electron chi connectivity index (χ4n) is 2.76. The van der Waals surface area contributed by atoms with Gasteiger partial charge in [-0.25, -0.2) is 9.13 Å². The van der Waals surface area contributed by atoms with Gasteiger partial charge in [0.2, 0.25) is 0 Å². The second-order valence-electron chi connectivity index (χ2n) is 5.29. The Morgan fingerprint density at radius 1 is 1.15 bits per heavy atom. The molecule has 0 atom stereocenters. The maximum atomic E-state index is 9.20. The van der Waals surface area contributed by atoms with Gasteiger partial charge in [0.15, 0.2) is 0 Å². The molecule has 1 aromatic carbocycles. The zero-order valence-corrected chi connectivity index (χ0v) is 12.4. The molecule has 1 aromatic heterocycles. The predicted octanol–water partition coefficient (Wildman–Crippen LogP) is 2.47. The first-order valence-corrected chi connectivity index (χ1v) is 7.67. The van der Waals surface area contributed by atoms with Gasteiger partial charge in [-0.1, -0.05) is 44.7 Å². The number of imidazole rings is 1. The van der Waals surface area contributed by atoms with Crippen molar-refractivity contribution in [1.82, 2.24) is 4.57 Å². The minimum absolute atomic E-state index is 0.110. The Bertz CT molecular complexity index is 548. The number of aliphatic hydroxyl groups excluding tert-OH is 1. The minimum Gasteiger partial charge on any atom is -0.393 e. The summed E-state index contributed by atoms with van der Waals surface area (Å²) in [5.41, 5.74) is 8.52. The van der Waals surface area contributed by atoms with Crippen LogP contribution in [-0.4, -0.2) is 16.3 Å². The van der Waals surface area contributed by atoms with Gasteiger partial charge < -0.3 is 5.11 Å². The molecule has 110 valence electrons. The predicted molar refractivity (Wildman–Crippen MR) is 82.4 cm³/mol. The topological polar surface area (TPSA) is 55.1 Å². The number of unbranched alkanes of at least 4 members (excludes halogenated alkanes) is 4. The molecule has 2 rings (SSSR count). The van der Waals surface area contributed by atoms with Crippen LogP contribution in [0.2, 0.25) is 0 Å². The number of hydrogen-bond donors (Lipinski definition) is 2. The van der Waals surface area contributed by atoms with E-state index in [0.29, 0.717) is 6.54 Å². The largest absolute Gasteiger partial charge is 0.393 e. The van der Waals surface area contributed by atoms with E-state index >= 15 is 0 Å². The summed E-state index contributed by atoms with van der Waals surface area (Å²) < 4.78 is 4.18. The Labute approximate surface area is 120 Å². The molecule has 0 fully saturated rings. The van der Waals surface area contributed by atoms with Crippen LogP contribution in [0.25, 0.3) is 11.0 Å². The highest BCUT2D eigenvalue weighted by molar-refractivity contribution is 5.73. The molecule has 0 unspecified atom stereocenters. The molecule has 0 bridgehead atoms. The summed E-state index contributed by atoms with van der Waals surface area (Å²) in [4.78, 5) is 0. The van der Waals surface area contributed by atoms with E-state index in [0.717, 1.165) is 29.9 Å². The summed E-state index contributed by atoms with van der Waals surface area (Å²) in [6, 6.07) is 8.22. The van der Waals surface area contributed by atoms with Crippen molar-refractivity contribution in [1.29, 1.82) is 0 Å². The first-order chi connectivity index (χ1) is 9.79.